The first-order valence-electron chi connectivity index (χ1n) is 9.20. The van der Waals surface area contributed by atoms with E-state index in [0.717, 1.165) is 29.2 Å². The number of nitrogens with zero attached hydrogens (tertiary/aromatic N) is 3. The van der Waals surface area contributed by atoms with Gasteiger partial charge in [-0.15, -0.1) is 10.2 Å². The van der Waals surface area contributed by atoms with E-state index in [4.69, 9.17) is 0 Å². The van der Waals surface area contributed by atoms with Crippen molar-refractivity contribution in [3.8, 4) is 0 Å². The van der Waals surface area contributed by atoms with E-state index >= 15 is 0 Å². The van der Waals surface area contributed by atoms with Crippen molar-refractivity contribution in [1.29, 1.82) is 0 Å². The number of carbonyl (C=O) groups is 3. The van der Waals surface area contributed by atoms with E-state index in [-0.39, 0.29) is 42.0 Å². The lowest BCUT2D eigenvalue weighted by Crippen LogP contribution is -2.39. The van der Waals surface area contributed by atoms with E-state index < -0.39 is 5.91 Å². The summed E-state index contributed by atoms with van der Waals surface area (Å²) >= 11 is 1.35. The van der Waals surface area contributed by atoms with Gasteiger partial charge in [-0.3, -0.25) is 24.6 Å². The van der Waals surface area contributed by atoms with Crippen molar-refractivity contribution < 1.29 is 14.4 Å². The molecule has 7 nitrogen and oxygen atoms in total. The molecule has 2 fully saturated rings. The summed E-state index contributed by atoms with van der Waals surface area (Å²) in [6.45, 7) is 3.94. The second-order valence-electron chi connectivity index (χ2n) is 7.27. The molecule has 1 saturated heterocycles. The number of hydrogen-bond donors (Lipinski definition) is 1. The number of amides is 3. The normalized spacial score (nSPS) is 29.1. The molecule has 138 valence electrons. The van der Waals surface area contributed by atoms with Crippen LogP contribution in [0.3, 0.4) is 0 Å². The van der Waals surface area contributed by atoms with E-state index in [2.05, 4.69) is 29.4 Å². The van der Waals surface area contributed by atoms with Gasteiger partial charge < -0.3 is 0 Å². The second kappa shape index (κ2) is 6.57. The summed E-state index contributed by atoms with van der Waals surface area (Å²) in [6.07, 6.45) is 6.91. The first-order chi connectivity index (χ1) is 12.5. The number of fused-ring (bicyclic) bond motifs is 5. The van der Waals surface area contributed by atoms with Crippen LogP contribution >= 0.6 is 11.3 Å². The Hall–Kier alpha value is -2.09. The fourth-order valence-electron chi connectivity index (χ4n) is 4.51. The molecular weight excluding hydrogens is 352 g/mol. The van der Waals surface area contributed by atoms with Crippen molar-refractivity contribution in [1.82, 2.24) is 15.1 Å². The molecule has 3 aliphatic rings. The molecule has 2 aliphatic carbocycles. The van der Waals surface area contributed by atoms with Crippen molar-refractivity contribution in [2.24, 2.45) is 23.7 Å². The highest BCUT2D eigenvalue weighted by Gasteiger charge is 2.59. The standard InChI is InChI=1S/C18H22N4O3S/c1-3-9(4-2)15-20-21-18(26-15)19-12(23)8-22-16(24)13-10-5-6-11(7-10)14(13)17(22)25/h5-6,9-11,13-14H,3-4,7-8H2,1-2H3,(H,19,21,23)/t10-,11+,13-,14+. The molecule has 4 rings (SSSR count). The molecule has 26 heavy (non-hydrogen) atoms. The molecule has 1 aliphatic heterocycles. The summed E-state index contributed by atoms with van der Waals surface area (Å²) < 4.78 is 0. The molecule has 1 saturated carbocycles. The molecule has 1 aromatic rings. The molecule has 0 aromatic carbocycles. The highest BCUT2D eigenvalue weighted by Crippen LogP contribution is 2.52. The molecule has 0 radical (unpaired) electrons. The quantitative estimate of drug-likeness (QED) is 0.609. The number of hydrogen-bond acceptors (Lipinski definition) is 6. The van der Waals surface area contributed by atoms with Crippen molar-refractivity contribution in [2.45, 2.75) is 39.0 Å². The molecule has 4 atom stereocenters. The molecule has 8 heteroatoms. The Morgan fingerprint density at radius 2 is 1.81 bits per heavy atom. The summed E-state index contributed by atoms with van der Waals surface area (Å²) in [5, 5.41) is 12.2. The number of nitrogens with one attached hydrogen (secondary N) is 1. The third-order valence-electron chi connectivity index (χ3n) is 5.89. The zero-order valence-electron chi connectivity index (χ0n) is 14.8. The van der Waals surface area contributed by atoms with Gasteiger partial charge in [-0.05, 0) is 31.1 Å². The number of carbonyl (C=O) groups excluding carboxylic acids is 3. The zero-order valence-corrected chi connectivity index (χ0v) is 15.7. The van der Waals surface area contributed by atoms with Crippen molar-refractivity contribution >= 4 is 34.2 Å². The Bertz CT molecular complexity index is 755. The maximum Gasteiger partial charge on any atom is 0.246 e. The smallest absolute Gasteiger partial charge is 0.246 e. The van der Waals surface area contributed by atoms with Gasteiger partial charge in [-0.1, -0.05) is 37.3 Å². The third-order valence-corrected chi connectivity index (χ3v) is 6.89. The van der Waals surface area contributed by atoms with Crippen LogP contribution in [0.5, 0.6) is 0 Å². The maximum absolute atomic E-state index is 12.6. The van der Waals surface area contributed by atoms with Gasteiger partial charge in [0.1, 0.15) is 11.6 Å². The molecule has 2 heterocycles. The van der Waals surface area contributed by atoms with Gasteiger partial charge >= 0.3 is 0 Å². The Balaban J connectivity index is 1.40. The molecule has 0 spiro atoms. The van der Waals surface area contributed by atoms with Gasteiger partial charge in [-0.2, -0.15) is 0 Å². The Labute approximate surface area is 155 Å². The number of allylic oxidation sites excluding steroid dienone is 2. The summed E-state index contributed by atoms with van der Waals surface area (Å²) in [7, 11) is 0. The summed E-state index contributed by atoms with van der Waals surface area (Å²) in [6, 6.07) is 0. The summed E-state index contributed by atoms with van der Waals surface area (Å²) in [5.41, 5.74) is 0. The predicted octanol–water partition coefficient (Wildman–Crippen LogP) is 2.19. The van der Waals surface area contributed by atoms with Crippen LogP contribution in [0, 0.1) is 23.7 Å². The van der Waals surface area contributed by atoms with Gasteiger partial charge in [0.25, 0.3) is 0 Å². The van der Waals surface area contributed by atoms with Gasteiger partial charge in [0.05, 0.1) is 11.8 Å². The number of imide groups is 1. The van der Waals surface area contributed by atoms with E-state index in [1.165, 1.54) is 11.3 Å². The van der Waals surface area contributed by atoms with E-state index in [9.17, 15) is 14.4 Å². The van der Waals surface area contributed by atoms with Crippen LogP contribution in [0.2, 0.25) is 0 Å². The van der Waals surface area contributed by atoms with Crippen LogP contribution < -0.4 is 5.32 Å². The van der Waals surface area contributed by atoms with Crippen LogP contribution in [0.25, 0.3) is 0 Å². The minimum Gasteiger partial charge on any atom is -0.299 e. The Morgan fingerprint density at radius 1 is 1.19 bits per heavy atom. The summed E-state index contributed by atoms with van der Waals surface area (Å²) in [5.74, 6) is -0.715. The largest absolute Gasteiger partial charge is 0.299 e. The second-order valence-corrected chi connectivity index (χ2v) is 8.28. The van der Waals surface area contributed by atoms with Gasteiger partial charge in [0.2, 0.25) is 22.9 Å². The minimum absolute atomic E-state index is 0.153. The predicted molar refractivity (Wildman–Crippen MR) is 96.3 cm³/mol. The molecule has 0 unspecified atom stereocenters. The van der Waals surface area contributed by atoms with Gasteiger partial charge in [0, 0.05) is 5.92 Å². The lowest BCUT2D eigenvalue weighted by molar-refractivity contribution is -0.143. The first-order valence-corrected chi connectivity index (χ1v) is 10.0. The third kappa shape index (κ3) is 2.67. The van der Waals surface area contributed by atoms with Crippen LogP contribution in [-0.4, -0.2) is 39.4 Å². The van der Waals surface area contributed by atoms with Crippen LogP contribution in [0.1, 0.15) is 44.0 Å². The fraction of sp³-hybridized carbons (Fsp3) is 0.611. The highest BCUT2D eigenvalue weighted by atomic mass is 32.1. The van der Waals surface area contributed by atoms with E-state index in [1.807, 2.05) is 12.2 Å². The minimum atomic E-state index is -0.403. The maximum atomic E-state index is 12.6. The van der Waals surface area contributed by atoms with E-state index in [1.54, 1.807) is 0 Å². The molecule has 1 N–H and O–H groups in total. The average molecular weight is 374 g/mol. The SMILES string of the molecule is CCC(CC)c1nnc(NC(=O)CN2C(=O)[C@@H]3[C@H](C2=O)[C@@H]2C=C[C@H]3C2)s1. The van der Waals surface area contributed by atoms with Gasteiger partial charge in [0.15, 0.2) is 0 Å². The van der Waals surface area contributed by atoms with Crippen LogP contribution in [0.4, 0.5) is 5.13 Å². The average Bonchev–Trinajstić information content (AvgIpc) is 3.38. The monoisotopic (exact) mass is 374 g/mol. The van der Waals surface area contributed by atoms with Gasteiger partial charge in [-0.25, -0.2) is 0 Å². The first kappa shape index (κ1) is 17.3. The molecule has 2 bridgehead atoms. The lowest BCUT2D eigenvalue weighted by atomic mass is 9.85. The number of aromatic nitrogens is 2. The number of likely N-dealkylation sites (tertiary alicyclic amines) is 1. The highest BCUT2D eigenvalue weighted by molar-refractivity contribution is 7.15. The van der Waals surface area contributed by atoms with Crippen molar-refractivity contribution in [3.05, 3.63) is 17.2 Å². The topological polar surface area (TPSA) is 92.3 Å². The van der Waals surface area contributed by atoms with Crippen molar-refractivity contribution in [2.75, 3.05) is 11.9 Å². The number of rotatable bonds is 6. The fourth-order valence-corrected chi connectivity index (χ4v) is 5.54. The zero-order chi connectivity index (χ0) is 18.4. The Morgan fingerprint density at radius 3 is 2.38 bits per heavy atom. The van der Waals surface area contributed by atoms with Crippen LogP contribution in [-0.2, 0) is 14.4 Å². The molecule has 1 aromatic heterocycles. The van der Waals surface area contributed by atoms with Crippen LogP contribution in [0.15, 0.2) is 12.2 Å². The van der Waals surface area contributed by atoms with E-state index in [0.29, 0.717) is 11.0 Å². The summed E-state index contributed by atoms with van der Waals surface area (Å²) in [4.78, 5) is 38.7. The molecule has 3 amide bonds. The lowest BCUT2D eigenvalue weighted by Gasteiger charge is -2.16. The number of anilines is 1. The van der Waals surface area contributed by atoms with Crippen molar-refractivity contribution in [3.63, 3.8) is 0 Å². The Kier molecular flexibility index (Phi) is 4.38. The molecular formula is C18H22N4O3S.